The number of nitrogens with two attached hydrogens (primary N) is 1. The molecule has 1 aliphatic heterocycles. The maximum Gasteiger partial charge on any atom is 0.257 e. The molecule has 0 bridgehead atoms. The van der Waals surface area contributed by atoms with Crippen LogP contribution < -0.4 is 10.5 Å². The van der Waals surface area contributed by atoms with Crippen LogP contribution in [0.4, 0.5) is 0 Å². The maximum absolute atomic E-state index is 12.8. The van der Waals surface area contributed by atoms with E-state index in [2.05, 4.69) is 0 Å². The summed E-state index contributed by atoms with van der Waals surface area (Å²) in [5, 5.41) is 0.692. The highest BCUT2D eigenvalue weighted by Gasteiger charge is 2.27. The predicted molar refractivity (Wildman–Crippen MR) is 95.3 cm³/mol. The Bertz CT molecular complexity index is 703. The number of hydrogen-bond donors (Lipinski definition) is 1. The van der Waals surface area contributed by atoms with E-state index in [1.165, 1.54) is 0 Å². The van der Waals surface area contributed by atoms with Crippen LogP contribution in [0.5, 0.6) is 5.75 Å². The molecule has 0 aliphatic carbocycles. The Morgan fingerprint density at radius 1 is 1.21 bits per heavy atom. The van der Waals surface area contributed by atoms with Crippen molar-refractivity contribution in [1.82, 2.24) is 4.90 Å². The summed E-state index contributed by atoms with van der Waals surface area (Å²) in [5.41, 5.74) is 7.32. The van der Waals surface area contributed by atoms with Crippen molar-refractivity contribution in [3.63, 3.8) is 0 Å². The third-order valence-electron chi connectivity index (χ3n) is 4.33. The summed E-state index contributed by atoms with van der Waals surface area (Å²) < 4.78 is 5.88. The minimum Gasteiger partial charge on any atom is -0.488 e. The Labute approximate surface area is 147 Å². The number of hydrogen-bond acceptors (Lipinski definition) is 3. The fraction of sp³-hybridized carbons (Fsp3) is 0.316. The second-order valence-corrected chi connectivity index (χ2v) is 6.49. The molecular formula is C19H21ClN2O2. The second-order valence-electron chi connectivity index (χ2n) is 6.05. The van der Waals surface area contributed by atoms with Crippen molar-refractivity contribution in [2.75, 3.05) is 19.6 Å². The third kappa shape index (κ3) is 3.89. The molecule has 0 spiro atoms. The molecule has 1 saturated heterocycles. The predicted octanol–water partition coefficient (Wildman–Crippen LogP) is 3.34. The number of amides is 1. The van der Waals surface area contributed by atoms with Crippen molar-refractivity contribution in [2.24, 2.45) is 11.7 Å². The number of ether oxygens (including phenoxy) is 1. The summed E-state index contributed by atoms with van der Waals surface area (Å²) in [5.74, 6) is 1.02. The quantitative estimate of drug-likeness (QED) is 0.905. The molecule has 4 nitrogen and oxygen atoms in total. The molecule has 1 unspecified atom stereocenters. The lowest BCUT2D eigenvalue weighted by atomic mass is 10.1. The first kappa shape index (κ1) is 16.8. The molecule has 1 fully saturated rings. The first-order valence-electron chi connectivity index (χ1n) is 8.13. The molecule has 2 aromatic rings. The lowest BCUT2D eigenvalue weighted by molar-refractivity contribution is 0.0782. The number of carbonyl (C=O) groups is 1. The van der Waals surface area contributed by atoms with E-state index in [4.69, 9.17) is 22.1 Å². The van der Waals surface area contributed by atoms with E-state index in [1.807, 2.05) is 53.4 Å². The molecule has 0 aromatic heterocycles. The standard InChI is InChI=1S/C19H21ClN2O2/c20-16-7-5-14(6-8-16)13-24-18-4-2-1-3-17(18)19(23)22-10-9-15(11-21)12-22/h1-8,15H,9-13,21H2. The molecule has 5 heteroatoms. The molecular weight excluding hydrogens is 324 g/mol. The molecule has 126 valence electrons. The largest absolute Gasteiger partial charge is 0.488 e. The van der Waals surface area contributed by atoms with Crippen molar-refractivity contribution in [3.05, 3.63) is 64.7 Å². The minimum absolute atomic E-state index is 0.0117. The number of nitrogens with zero attached hydrogens (tertiary/aromatic N) is 1. The van der Waals surface area contributed by atoms with Gasteiger partial charge in [0.1, 0.15) is 12.4 Å². The highest BCUT2D eigenvalue weighted by Crippen LogP contribution is 2.24. The zero-order chi connectivity index (χ0) is 16.9. The van der Waals surface area contributed by atoms with E-state index in [-0.39, 0.29) is 5.91 Å². The van der Waals surface area contributed by atoms with Gasteiger partial charge in [-0.05, 0) is 48.7 Å². The van der Waals surface area contributed by atoms with Crippen LogP contribution in [0.15, 0.2) is 48.5 Å². The van der Waals surface area contributed by atoms with Crippen molar-refractivity contribution in [1.29, 1.82) is 0 Å². The zero-order valence-electron chi connectivity index (χ0n) is 13.5. The van der Waals surface area contributed by atoms with Crippen LogP contribution >= 0.6 is 11.6 Å². The summed E-state index contributed by atoms with van der Waals surface area (Å²) >= 11 is 5.89. The van der Waals surface area contributed by atoms with Crippen molar-refractivity contribution >= 4 is 17.5 Å². The number of rotatable bonds is 5. The summed E-state index contributed by atoms with van der Waals surface area (Å²) in [6.07, 6.45) is 0.968. The summed E-state index contributed by atoms with van der Waals surface area (Å²) in [6.45, 7) is 2.50. The molecule has 0 radical (unpaired) electrons. The smallest absolute Gasteiger partial charge is 0.257 e. The van der Waals surface area contributed by atoms with Crippen LogP contribution in [0.3, 0.4) is 0 Å². The highest BCUT2D eigenvalue weighted by atomic mass is 35.5. The molecule has 1 aliphatic rings. The van der Waals surface area contributed by atoms with Crippen molar-refractivity contribution in [3.8, 4) is 5.75 Å². The van der Waals surface area contributed by atoms with Gasteiger partial charge in [-0.1, -0.05) is 35.9 Å². The van der Waals surface area contributed by atoms with E-state index >= 15 is 0 Å². The number of likely N-dealkylation sites (tertiary alicyclic amines) is 1. The van der Waals surface area contributed by atoms with Crippen LogP contribution in [0, 0.1) is 5.92 Å². The Morgan fingerprint density at radius 3 is 2.67 bits per heavy atom. The normalized spacial score (nSPS) is 17.1. The molecule has 1 amide bonds. The first-order chi connectivity index (χ1) is 11.7. The van der Waals surface area contributed by atoms with Gasteiger partial charge in [-0.3, -0.25) is 4.79 Å². The fourth-order valence-corrected chi connectivity index (χ4v) is 3.02. The first-order valence-corrected chi connectivity index (χ1v) is 8.51. The van der Waals surface area contributed by atoms with E-state index in [0.29, 0.717) is 35.4 Å². The third-order valence-corrected chi connectivity index (χ3v) is 4.58. The van der Waals surface area contributed by atoms with Gasteiger partial charge in [0.15, 0.2) is 0 Å². The highest BCUT2D eigenvalue weighted by molar-refractivity contribution is 6.30. The van der Waals surface area contributed by atoms with Crippen molar-refractivity contribution < 1.29 is 9.53 Å². The van der Waals surface area contributed by atoms with Gasteiger partial charge in [0.2, 0.25) is 0 Å². The van der Waals surface area contributed by atoms with Crippen LogP contribution in [0.25, 0.3) is 0 Å². The number of benzene rings is 2. The zero-order valence-corrected chi connectivity index (χ0v) is 14.2. The van der Waals surface area contributed by atoms with Gasteiger partial charge in [-0.15, -0.1) is 0 Å². The molecule has 1 atom stereocenters. The molecule has 0 saturated carbocycles. The maximum atomic E-state index is 12.8. The van der Waals surface area contributed by atoms with E-state index in [9.17, 15) is 4.79 Å². The van der Waals surface area contributed by atoms with Crippen LogP contribution in [-0.2, 0) is 6.61 Å². The lowest BCUT2D eigenvalue weighted by Crippen LogP contribution is -2.30. The van der Waals surface area contributed by atoms with Gasteiger partial charge in [0, 0.05) is 18.1 Å². The number of halogens is 1. The summed E-state index contributed by atoms with van der Waals surface area (Å²) in [7, 11) is 0. The van der Waals surface area contributed by atoms with E-state index in [0.717, 1.165) is 25.1 Å². The Kier molecular flexibility index (Phi) is 5.38. The topological polar surface area (TPSA) is 55.6 Å². The average molecular weight is 345 g/mol. The molecule has 2 N–H and O–H groups in total. The number of carbonyl (C=O) groups excluding carboxylic acids is 1. The van der Waals surface area contributed by atoms with Crippen LogP contribution in [-0.4, -0.2) is 30.4 Å². The van der Waals surface area contributed by atoms with Crippen LogP contribution in [0.2, 0.25) is 5.02 Å². The Morgan fingerprint density at radius 2 is 1.96 bits per heavy atom. The van der Waals surface area contributed by atoms with Gasteiger partial charge >= 0.3 is 0 Å². The van der Waals surface area contributed by atoms with Gasteiger partial charge in [-0.2, -0.15) is 0 Å². The SMILES string of the molecule is NCC1CCN(C(=O)c2ccccc2OCc2ccc(Cl)cc2)C1. The number of para-hydroxylation sites is 1. The molecule has 2 aromatic carbocycles. The monoisotopic (exact) mass is 344 g/mol. The van der Waals surface area contributed by atoms with Gasteiger partial charge in [0.05, 0.1) is 5.56 Å². The molecule has 3 rings (SSSR count). The van der Waals surface area contributed by atoms with E-state index in [1.54, 1.807) is 0 Å². The van der Waals surface area contributed by atoms with Crippen LogP contribution in [0.1, 0.15) is 22.3 Å². The Hall–Kier alpha value is -2.04. The van der Waals surface area contributed by atoms with E-state index < -0.39 is 0 Å². The second kappa shape index (κ2) is 7.69. The van der Waals surface area contributed by atoms with Crippen molar-refractivity contribution in [2.45, 2.75) is 13.0 Å². The van der Waals surface area contributed by atoms with Gasteiger partial charge in [0.25, 0.3) is 5.91 Å². The summed E-state index contributed by atoms with van der Waals surface area (Å²) in [6, 6.07) is 14.9. The molecule has 1 heterocycles. The Balaban J connectivity index is 1.70. The fourth-order valence-electron chi connectivity index (χ4n) is 2.89. The lowest BCUT2D eigenvalue weighted by Gasteiger charge is -2.18. The molecule has 24 heavy (non-hydrogen) atoms. The van der Waals surface area contributed by atoms with Gasteiger partial charge in [-0.25, -0.2) is 0 Å². The summed E-state index contributed by atoms with van der Waals surface area (Å²) in [4.78, 5) is 14.6. The minimum atomic E-state index is 0.0117. The average Bonchev–Trinajstić information content (AvgIpc) is 3.10. The van der Waals surface area contributed by atoms with Gasteiger partial charge < -0.3 is 15.4 Å².